The van der Waals surface area contributed by atoms with E-state index in [0.29, 0.717) is 25.2 Å². The van der Waals surface area contributed by atoms with Gasteiger partial charge in [-0.3, -0.25) is 9.63 Å². The summed E-state index contributed by atoms with van der Waals surface area (Å²) in [5, 5.41) is 15.6. The van der Waals surface area contributed by atoms with Gasteiger partial charge in [-0.2, -0.15) is 5.06 Å². The average molecular weight is 489 g/mol. The van der Waals surface area contributed by atoms with E-state index in [4.69, 9.17) is 9.94 Å². The molecule has 2 rings (SSSR count). The molecular weight excluding hydrogens is 448 g/mol. The van der Waals surface area contributed by atoms with Crippen molar-refractivity contribution in [3.05, 3.63) is 57.8 Å². The summed E-state index contributed by atoms with van der Waals surface area (Å²) >= 11 is 1.59. The van der Waals surface area contributed by atoms with Crippen molar-refractivity contribution < 1.29 is 19.5 Å². The summed E-state index contributed by atoms with van der Waals surface area (Å²) in [6.45, 7) is 3.41. The molecule has 0 aliphatic carbocycles. The van der Waals surface area contributed by atoms with Crippen LogP contribution in [0.5, 0.6) is 0 Å². The molecule has 188 valence electrons. The van der Waals surface area contributed by atoms with E-state index in [9.17, 15) is 9.59 Å². The Morgan fingerprint density at radius 3 is 2.29 bits per heavy atom. The van der Waals surface area contributed by atoms with E-state index >= 15 is 0 Å². The number of hydroxylamine groups is 2. The minimum Gasteiger partial charge on any atom is -0.479 e. The Balaban J connectivity index is 1.71. The Kier molecular flexibility index (Phi) is 14.2. The Bertz CT molecular complexity index is 826. The zero-order valence-electron chi connectivity index (χ0n) is 20.5. The lowest BCUT2D eigenvalue weighted by Crippen LogP contribution is -2.27. The summed E-state index contributed by atoms with van der Waals surface area (Å²) in [4.78, 5) is 30.1. The maximum atomic E-state index is 12.6. The number of amides is 1. The number of aliphatic carboxylic acids is 1. The zero-order valence-corrected chi connectivity index (χ0v) is 21.3. The Morgan fingerprint density at radius 1 is 0.941 bits per heavy atom. The highest BCUT2D eigenvalue weighted by Gasteiger charge is 2.13. The van der Waals surface area contributed by atoms with Crippen LogP contribution in [0.15, 0.2) is 41.8 Å². The summed E-state index contributed by atoms with van der Waals surface area (Å²) in [6.07, 6.45) is 12.7. The molecule has 0 saturated carbocycles. The van der Waals surface area contributed by atoms with Crippen molar-refractivity contribution in [1.29, 1.82) is 0 Å². The number of nitrogens with one attached hydrogen (secondary N) is 1. The summed E-state index contributed by atoms with van der Waals surface area (Å²) in [5.41, 5.74) is 1.51. The van der Waals surface area contributed by atoms with Crippen molar-refractivity contribution in [3.8, 4) is 0 Å². The molecule has 7 heteroatoms. The van der Waals surface area contributed by atoms with Gasteiger partial charge < -0.3 is 10.4 Å². The quantitative estimate of drug-likeness (QED) is 0.176. The van der Waals surface area contributed by atoms with Crippen LogP contribution in [0.4, 0.5) is 0 Å². The lowest BCUT2D eigenvalue weighted by Gasteiger charge is -2.20. The largest absolute Gasteiger partial charge is 0.479 e. The van der Waals surface area contributed by atoms with Crippen LogP contribution in [0, 0.1) is 0 Å². The van der Waals surface area contributed by atoms with Gasteiger partial charge in [0.15, 0.2) is 6.61 Å². The van der Waals surface area contributed by atoms with E-state index in [1.807, 2.05) is 35.7 Å². The number of rotatable bonds is 19. The van der Waals surface area contributed by atoms with Crippen molar-refractivity contribution in [1.82, 2.24) is 10.4 Å². The molecule has 1 amide bonds. The van der Waals surface area contributed by atoms with Gasteiger partial charge in [-0.25, -0.2) is 4.79 Å². The summed E-state index contributed by atoms with van der Waals surface area (Å²) in [6, 6.07) is 11.4. The van der Waals surface area contributed by atoms with Crippen molar-refractivity contribution in [2.24, 2.45) is 0 Å². The maximum absolute atomic E-state index is 12.6. The Hall–Kier alpha value is -2.22. The van der Waals surface area contributed by atoms with Crippen LogP contribution in [-0.2, 0) is 22.7 Å². The van der Waals surface area contributed by atoms with Crippen LogP contribution in [0.25, 0.3) is 0 Å². The van der Waals surface area contributed by atoms with Crippen LogP contribution in [0.1, 0.15) is 91.9 Å². The zero-order chi connectivity index (χ0) is 24.4. The molecule has 2 N–H and O–H groups in total. The molecule has 1 aromatic carbocycles. The third-order valence-electron chi connectivity index (χ3n) is 5.65. The van der Waals surface area contributed by atoms with Gasteiger partial charge in [-0.15, -0.1) is 11.3 Å². The number of thiophene rings is 1. The highest BCUT2D eigenvalue weighted by Crippen LogP contribution is 2.16. The van der Waals surface area contributed by atoms with Crippen molar-refractivity contribution >= 4 is 23.2 Å². The van der Waals surface area contributed by atoms with Crippen molar-refractivity contribution in [2.75, 3.05) is 13.2 Å². The van der Waals surface area contributed by atoms with Gasteiger partial charge in [0.05, 0.1) is 6.54 Å². The second-order valence-electron chi connectivity index (χ2n) is 8.68. The minimum absolute atomic E-state index is 0.0750. The fourth-order valence-corrected chi connectivity index (χ4v) is 4.51. The molecule has 1 heterocycles. The molecule has 0 fully saturated rings. The Morgan fingerprint density at radius 2 is 1.65 bits per heavy atom. The molecule has 0 saturated heterocycles. The highest BCUT2D eigenvalue weighted by molar-refractivity contribution is 7.09. The fraction of sp³-hybridized carbons (Fsp3) is 0.556. The number of hydrogen-bond donors (Lipinski definition) is 2. The molecule has 0 aliphatic rings. The third-order valence-corrected chi connectivity index (χ3v) is 6.51. The van der Waals surface area contributed by atoms with Crippen molar-refractivity contribution in [2.45, 2.75) is 84.2 Å². The molecule has 0 unspecified atom stereocenters. The number of carbonyl (C=O) groups is 2. The lowest BCUT2D eigenvalue weighted by molar-refractivity contribution is -0.189. The predicted octanol–water partition coefficient (Wildman–Crippen LogP) is 6.42. The molecule has 0 aliphatic heterocycles. The van der Waals surface area contributed by atoms with Crippen LogP contribution in [0.3, 0.4) is 0 Å². The molecule has 34 heavy (non-hydrogen) atoms. The number of hydrogen-bond acceptors (Lipinski definition) is 5. The SMILES string of the molecule is CCCCCCCCCCCCNC(=O)c1cccc(CN(Cc2cccs2)OCC(=O)O)c1. The topological polar surface area (TPSA) is 78.9 Å². The number of carboxylic acids is 1. The summed E-state index contributed by atoms with van der Waals surface area (Å²) in [7, 11) is 0. The van der Waals surface area contributed by atoms with Gasteiger partial charge in [0, 0.05) is 23.5 Å². The number of carbonyl (C=O) groups excluding carboxylic acids is 1. The van der Waals surface area contributed by atoms with Gasteiger partial charge in [0.1, 0.15) is 0 Å². The monoisotopic (exact) mass is 488 g/mol. The molecule has 2 aromatic rings. The predicted molar refractivity (Wildman–Crippen MR) is 138 cm³/mol. The normalized spacial score (nSPS) is 11.1. The molecular formula is C27H40N2O4S. The standard InChI is InChI=1S/C27H40N2O4S/c1-2-3-4-5-6-7-8-9-10-11-17-28-27(32)24-15-12-14-23(19-24)20-29(33-22-26(30)31)21-25-16-13-18-34-25/h12-16,18-19H,2-11,17,20-22H2,1H3,(H,28,32)(H,30,31). The maximum Gasteiger partial charge on any atom is 0.331 e. The first-order valence-corrected chi connectivity index (χ1v) is 13.5. The lowest BCUT2D eigenvalue weighted by atomic mass is 10.1. The first-order valence-electron chi connectivity index (χ1n) is 12.6. The number of benzene rings is 1. The van der Waals surface area contributed by atoms with Gasteiger partial charge in [-0.1, -0.05) is 82.9 Å². The van der Waals surface area contributed by atoms with Crippen molar-refractivity contribution in [3.63, 3.8) is 0 Å². The van der Waals surface area contributed by atoms with E-state index in [1.54, 1.807) is 22.5 Å². The van der Waals surface area contributed by atoms with E-state index < -0.39 is 12.6 Å². The second kappa shape index (κ2) is 17.2. The summed E-state index contributed by atoms with van der Waals surface area (Å²) < 4.78 is 0. The van der Waals surface area contributed by atoms with Gasteiger partial charge in [0.25, 0.3) is 5.91 Å². The second-order valence-corrected chi connectivity index (χ2v) is 9.72. The van der Waals surface area contributed by atoms with Crippen LogP contribution in [-0.4, -0.2) is 35.2 Å². The first-order chi connectivity index (χ1) is 16.6. The molecule has 0 radical (unpaired) electrons. The number of carboxylic acid groups (broad SMARTS) is 1. The van der Waals surface area contributed by atoms with E-state index in [-0.39, 0.29) is 5.91 Å². The minimum atomic E-state index is -1.02. The third kappa shape index (κ3) is 12.3. The van der Waals surface area contributed by atoms with Gasteiger partial charge in [0.2, 0.25) is 0 Å². The summed E-state index contributed by atoms with van der Waals surface area (Å²) in [5.74, 6) is -1.09. The molecule has 0 atom stereocenters. The van der Waals surface area contributed by atoms with Gasteiger partial charge >= 0.3 is 5.97 Å². The number of unbranched alkanes of at least 4 members (excludes halogenated alkanes) is 9. The number of nitrogens with zero attached hydrogens (tertiary/aromatic N) is 1. The van der Waals surface area contributed by atoms with Crippen LogP contribution >= 0.6 is 11.3 Å². The highest BCUT2D eigenvalue weighted by atomic mass is 32.1. The fourth-order valence-electron chi connectivity index (χ4n) is 3.80. The molecule has 0 spiro atoms. The molecule has 1 aromatic heterocycles. The molecule has 0 bridgehead atoms. The van der Waals surface area contributed by atoms with E-state index in [2.05, 4.69) is 12.2 Å². The Labute approximate surface area is 208 Å². The van der Waals surface area contributed by atoms with E-state index in [1.165, 1.54) is 51.4 Å². The first kappa shape index (κ1) is 28.0. The van der Waals surface area contributed by atoms with Crippen LogP contribution < -0.4 is 5.32 Å². The average Bonchev–Trinajstić information content (AvgIpc) is 3.34. The molecule has 6 nitrogen and oxygen atoms in total. The van der Waals surface area contributed by atoms with Crippen LogP contribution in [0.2, 0.25) is 0 Å². The van der Waals surface area contributed by atoms with E-state index in [0.717, 1.165) is 23.3 Å². The smallest absolute Gasteiger partial charge is 0.331 e. The van der Waals surface area contributed by atoms with Gasteiger partial charge in [-0.05, 0) is 35.6 Å².